The van der Waals surface area contributed by atoms with Crippen LogP contribution in [0.4, 0.5) is 0 Å². The molecule has 6 heteroatoms. The van der Waals surface area contributed by atoms with Gasteiger partial charge in [-0.1, -0.05) is 6.92 Å². The molecule has 96 valence electrons. The maximum Gasteiger partial charge on any atom is 0.215 e. The fourth-order valence-electron chi connectivity index (χ4n) is 1.85. The molecule has 0 aromatic heterocycles. The molecule has 0 atom stereocenters. The Balaban J connectivity index is 2.39. The van der Waals surface area contributed by atoms with Gasteiger partial charge in [-0.25, -0.2) is 12.7 Å². The van der Waals surface area contributed by atoms with Crippen molar-refractivity contribution in [1.29, 1.82) is 0 Å². The van der Waals surface area contributed by atoms with Crippen LogP contribution >= 0.6 is 0 Å². The fourth-order valence-corrected chi connectivity index (χ4v) is 3.28. The van der Waals surface area contributed by atoms with E-state index < -0.39 is 10.0 Å². The van der Waals surface area contributed by atoms with E-state index in [2.05, 4.69) is 5.32 Å². The highest BCUT2D eigenvalue weighted by atomic mass is 32.2. The van der Waals surface area contributed by atoms with Gasteiger partial charge in [-0.2, -0.15) is 0 Å². The highest BCUT2D eigenvalue weighted by molar-refractivity contribution is 7.89. The zero-order valence-electron chi connectivity index (χ0n) is 10.1. The summed E-state index contributed by atoms with van der Waals surface area (Å²) in [5.74, 6) is 0.193. The summed E-state index contributed by atoms with van der Waals surface area (Å²) in [5, 5.41) is 3.03. The second-order valence-corrected chi connectivity index (χ2v) is 6.09. The lowest BCUT2D eigenvalue weighted by Gasteiger charge is -2.30. The Morgan fingerprint density at radius 3 is 2.50 bits per heavy atom. The minimum Gasteiger partial charge on any atom is -0.381 e. The molecule has 1 N–H and O–H groups in total. The third-order valence-corrected chi connectivity index (χ3v) is 4.79. The number of hydrogen-bond acceptors (Lipinski definition) is 4. The monoisotopic (exact) mass is 250 g/mol. The zero-order valence-corrected chi connectivity index (χ0v) is 10.9. The average molecular weight is 250 g/mol. The zero-order chi connectivity index (χ0) is 12.0. The van der Waals surface area contributed by atoms with Gasteiger partial charge in [0, 0.05) is 26.7 Å². The molecule has 0 aromatic rings. The molecule has 1 aliphatic heterocycles. The third kappa shape index (κ3) is 4.01. The molecule has 16 heavy (non-hydrogen) atoms. The number of methoxy groups -OCH3 is 1. The Kier molecular flexibility index (Phi) is 5.68. The lowest BCUT2D eigenvalue weighted by atomic mass is 10.1. The minimum atomic E-state index is -3.07. The van der Waals surface area contributed by atoms with Crippen molar-refractivity contribution in [2.75, 3.05) is 39.0 Å². The van der Waals surface area contributed by atoms with Crippen molar-refractivity contribution in [3.63, 3.8) is 0 Å². The van der Waals surface area contributed by atoms with Crippen LogP contribution in [-0.4, -0.2) is 57.9 Å². The first-order valence-corrected chi connectivity index (χ1v) is 7.42. The molecule has 1 aliphatic rings. The number of nitrogens with one attached hydrogen (secondary N) is 1. The molecule has 0 saturated carbocycles. The van der Waals surface area contributed by atoms with Crippen LogP contribution in [0.5, 0.6) is 0 Å². The summed E-state index contributed by atoms with van der Waals surface area (Å²) < 4.78 is 30.6. The predicted octanol–water partition coefficient (Wildman–Crippen LogP) is 0.0365. The molecular formula is C10H22N2O3S. The van der Waals surface area contributed by atoms with E-state index in [1.54, 1.807) is 11.4 Å². The van der Waals surface area contributed by atoms with Crippen LogP contribution in [-0.2, 0) is 14.8 Å². The number of piperidine rings is 1. The molecule has 0 unspecified atom stereocenters. The van der Waals surface area contributed by atoms with Gasteiger partial charge >= 0.3 is 0 Å². The van der Waals surface area contributed by atoms with Crippen LogP contribution in [0.3, 0.4) is 0 Å². The van der Waals surface area contributed by atoms with Crippen LogP contribution in [0, 0.1) is 0 Å². The summed E-state index contributed by atoms with van der Waals surface area (Å²) >= 11 is 0. The van der Waals surface area contributed by atoms with E-state index in [0.29, 0.717) is 19.6 Å². The lowest BCUT2D eigenvalue weighted by Crippen LogP contribution is -2.43. The predicted molar refractivity (Wildman–Crippen MR) is 63.9 cm³/mol. The minimum absolute atomic E-state index is 0.193. The maximum absolute atomic E-state index is 11.9. The molecule has 0 aromatic carbocycles. The Hall–Kier alpha value is -0.170. The van der Waals surface area contributed by atoms with Crippen molar-refractivity contribution in [3.8, 4) is 0 Å². The highest BCUT2D eigenvalue weighted by Gasteiger charge is 2.27. The first-order valence-electron chi connectivity index (χ1n) is 5.81. The molecule has 0 radical (unpaired) electrons. The van der Waals surface area contributed by atoms with Crippen molar-refractivity contribution in [2.24, 2.45) is 0 Å². The lowest BCUT2D eigenvalue weighted by molar-refractivity contribution is 0.0604. The van der Waals surface area contributed by atoms with Gasteiger partial charge in [-0.15, -0.1) is 0 Å². The Labute approximate surface area is 98.2 Å². The summed E-state index contributed by atoms with van der Waals surface area (Å²) in [6, 6.07) is 0. The molecule has 0 spiro atoms. The van der Waals surface area contributed by atoms with Gasteiger partial charge in [0.15, 0.2) is 0 Å². The van der Waals surface area contributed by atoms with Gasteiger partial charge < -0.3 is 10.1 Å². The van der Waals surface area contributed by atoms with Gasteiger partial charge in [-0.3, -0.25) is 0 Å². The van der Waals surface area contributed by atoms with Crippen molar-refractivity contribution < 1.29 is 13.2 Å². The van der Waals surface area contributed by atoms with Crippen LogP contribution < -0.4 is 5.32 Å². The van der Waals surface area contributed by atoms with E-state index in [4.69, 9.17) is 4.74 Å². The van der Waals surface area contributed by atoms with Crippen LogP contribution in [0.25, 0.3) is 0 Å². The normalized spacial score (nSPS) is 20.1. The van der Waals surface area contributed by atoms with E-state index in [1.807, 2.05) is 6.92 Å². The summed E-state index contributed by atoms with van der Waals surface area (Å²) in [6.07, 6.45) is 1.83. The molecule has 0 bridgehead atoms. The number of rotatable bonds is 6. The number of ether oxygens (including phenoxy) is 1. The van der Waals surface area contributed by atoms with Crippen molar-refractivity contribution >= 4 is 10.0 Å². The number of hydrogen-bond donors (Lipinski definition) is 1. The van der Waals surface area contributed by atoms with Crippen LogP contribution in [0.15, 0.2) is 0 Å². The van der Waals surface area contributed by atoms with Crippen molar-refractivity contribution in [2.45, 2.75) is 25.9 Å². The van der Waals surface area contributed by atoms with E-state index in [-0.39, 0.29) is 11.9 Å². The van der Waals surface area contributed by atoms with Crippen LogP contribution in [0.1, 0.15) is 19.8 Å². The fraction of sp³-hybridized carbons (Fsp3) is 1.00. The number of sulfonamides is 1. The Bertz CT molecular complexity index is 284. The van der Waals surface area contributed by atoms with Gasteiger partial charge in [0.25, 0.3) is 0 Å². The Morgan fingerprint density at radius 2 is 2.00 bits per heavy atom. The molecule has 1 saturated heterocycles. The first kappa shape index (κ1) is 13.9. The van der Waals surface area contributed by atoms with Crippen LogP contribution in [0.2, 0.25) is 0 Å². The standard InChI is InChI=1S/C10H22N2O3S/c1-3-11-6-9-16(13,14)12-7-4-10(15-2)5-8-12/h10-11H,3-9H2,1-2H3. The van der Waals surface area contributed by atoms with Gasteiger partial charge in [0.2, 0.25) is 10.0 Å². The summed E-state index contributed by atoms with van der Waals surface area (Å²) in [7, 11) is -1.39. The highest BCUT2D eigenvalue weighted by Crippen LogP contribution is 2.16. The Morgan fingerprint density at radius 1 is 1.38 bits per heavy atom. The largest absolute Gasteiger partial charge is 0.381 e. The quantitative estimate of drug-likeness (QED) is 0.676. The van der Waals surface area contributed by atoms with E-state index >= 15 is 0 Å². The smallest absolute Gasteiger partial charge is 0.215 e. The number of nitrogens with zero attached hydrogens (tertiary/aromatic N) is 1. The molecule has 0 aliphatic carbocycles. The van der Waals surface area contributed by atoms with Crippen molar-refractivity contribution in [1.82, 2.24) is 9.62 Å². The second kappa shape index (κ2) is 6.54. The SMILES string of the molecule is CCNCCS(=O)(=O)N1CCC(OC)CC1. The summed E-state index contributed by atoms with van der Waals surface area (Å²) in [6.45, 7) is 4.49. The van der Waals surface area contributed by atoms with E-state index in [9.17, 15) is 8.42 Å². The molecule has 0 amide bonds. The van der Waals surface area contributed by atoms with E-state index in [1.165, 1.54) is 0 Å². The van der Waals surface area contributed by atoms with E-state index in [0.717, 1.165) is 19.4 Å². The molecule has 1 heterocycles. The average Bonchev–Trinajstić information content (AvgIpc) is 2.29. The summed E-state index contributed by atoms with van der Waals surface area (Å²) in [5.41, 5.74) is 0. The van der Waals surface area contributed by atoms with Crippen molar-refractivity contribution in [3.05, 3.63) is 0 Å². The molecule has 1 fully saturated rings. The first-order chi connectivity index (χ1) is 7.60. The topological polar surface area (TPSA) is 58.6 Å². The third-order valence-electron chi connectivity index (χ3n) is 2.91. The molecular weight excluding hydrogens is 228 g/mol. The van der Waals surface area contributed by atoms with Gasteiger partial charge in [0.1, 0.15) is 0 Å². The summed E-state index contributed by atoms with van der Waals surface area (Å²) in [4.78, 5) is 0. The van der Waals surface area contributed by atoms with Gasteiger partial charge in [0.05, 0.1) is 11.9 Å². The second-order valence-electron chi connectivity index (χ2n) is 4.00. The molecule has 5 nitrogen and oxygen atoms in total. The maximum atomic E-state index is 11.9. The molecule has 1 rings (SSSR count). The van der Waals surface area contributed by atoms with Gasteiger partial charge in [-0.05, 0) is 19.4 Å².